The fraction of sp³-hybridized carbons (Fsp3) is 0.439. The van der Waals surface area contributed by atoms with Crippen molar-refractivity contribution in [2.75, 3.05) is 27.3 Å². The first-order valence-electron chi connectivity index (χ1n) is 19.4. The summed E-state index contributed by atoms with van der Waals surface area (Å²) in [7, 11) is 2.58. The third-order valence-corrected chi connectivity index (χ3v) is 11.9. The van der Waals surface area contributed by atoms with Crippen molar-refractivity contribution in [3.8, 4) is 33.1 Å². The summed E-state index contributed by atoms with van der Waals surface area (Å²) in [4.78, 5) is 75.9. The van der Waals surface area contributed by atoms with E-state index in [1.54, 1.807) is 33.5 Å². The largest absolute Gasteiger partial charge is 0.453 e. The summed E-state index contributed by atoms with van der Waals surface area (Å²) >= 11 is 1.61. The Morgan fingerprint density at radius 3 is 1.68 bits per heavy atom. The van der Waals surface area contributed by atoms with Crippen LogP contribution < -0.4 is 10.6 Å². The number of hydrogen-bond acceptors (Lipinski definition) is 10. The summed E-state index contributed by atoms with van der Waals surface area (Å²) in [5.41, 5.74) is 5.50. The normalized spacial score (nSPS) is 18.0. The van der Waals surface area contributed by atoms with Crippen molar-refractivity contribution in [1.82, 2.24) is 45.4 Å². The Morgan fingerprint density at radius 1 is 0.719 bits per heavy atom. The molecule has 57 heavy (non-hydrogen) atoms. The molecule has 2 saturated heterocycles. The molecule has 0 bridgehead atoms. The third kappa shape index (κ3) is 8.22. The molecular weight excluding hydrogens is 747 g/mol. The maximum Gasteiger partial charge on any atom is 0.407 e. The highest BCUT2D eigenvalue weighted by Gasteiger charge is 2.39. The molecule has 0 aliphatic carbocycles. The molecule has 4 N–H and O–H groups in total. The summed E-state index contributed by atoms with van der Waals surface area (Å²) in [6, 6.07) is 12.5. The number of thiazole rings is 1. The summed E-state index contributed by atoms with van der Waals surface area (Å²) < 4.78 is 10.6. The number of alkyl carbamates (subject to hydrolysis) is 2. The highest BCUT2D eigenvalue weighted by molar-refractivity contribution is 7.21. The van der Waals surface area contributed by atoms with Crippen LogP contribution in [0, 0.1) is 11.8 Å². The van der Waals surface area contributed by atoms with E-state index in [0.717, 1.165) is 69.0 Å². The molecule has 300 valence electrons. The van der Waals surface area contributed by atoms with Crippen LogP contribution in [0.1, 0.15) is 77.1 Å². The van der Waals surface area contributed by atoms with Crippen molar-refractivity contribution in [3.63, 3.8) is 0 Å². The van der Waals surface area contributed by atoms with Crippen molar-refractivity contribution in [2.24, 2.45) is 11.8 Å². The van der Waals surface area contributed by atoms with E-state index in [0.29, 0.717) is 24.7 Å². The van der Waals surface area contributed by atoms with E-state index in [9.17, 15) is 19.2 Å². The van der Waals surface area contributed by atoms with Gasteiger partial charge in [-0.15, -0.1) is 11.3 Å². The fourth-order valence-electron chi connectivity index (χ4n) is 7.70. The number of nitrogens with zero attached hydrogens (tertiary/aromatic N) is 5. The average Bonchev–Trinajstić information content (AvgIpc) is 4.06. The number of H-pyrrole nitrogens is 2. The molecule has 2 aromatic carbocycles. The number of aromatic amines is 2. The van der Waals surface area contributed by atoms with Gasteiger partial charge in [0.15, 0.2) is 0 Å². The Labute approximate surface area is 335 Å². The van der Waals surface area contributed by atoms with E-state index in [4.69, 9.17) is 19.4 Å². The predicted molar refractivity (Wildman–Crippen MR) is 216 cm³/mol. The molecule has 3 aromatic heterocycles. The molecule has 0 saturated carbocycles. The van der Waals surface area contributed by atoms with Crippen molar-refractivity contribution >= 4 is 45.6 Å². The zero-order chi connectivity index (χ0) is 40.4. The molecular formula is C41H49N9O6S. The minimum atomic E-state index is -0.695. The molecule has 4 amide bonds. The molecule has 7 rings (SSSR count). The number of rotatable bonds is 11. The molecule has 5 heterocycles. The van der Waals surface area contributed by atoms with Crippen LogP contribution in [-0.4, -0.2) is 98.1 Å². The second-order valence-corrected chi connectivity index (χ2v) is 16.3. The Morgan fingerprint density at radius 2 is 1.19 bits per heavy atom. The molecule has 2 fully saturated rings. The van der Waals surface area contributed by atoms with Crippen LogP contribution in [0.5, 0.6) is 0 Å². The van der Waals surface area contributed by atoms with Gasteiger partial charge in [-0.05, 0) is 55.2 Å². The smallest absolute Gasteiger partial charge is 0.407 e. The van der Waals surface area contributed by atoms with Gasteiger partial charge in [-0.3, -0.25) is 9.59 Å². The summed E-state index contributed by atoms with van der Waals surface area (Å²) in [6.07, 6.45) is 5.58. The van der Waals surface area contributed by atoms with E-state index in [-0.39, 0.29) is 35.7 Å². The number of imidazole rings is 2. The molecule has 0 radical (unpaired) electrons. The first-order chi connectivity index (χ1) is 27.4. The Balaban J connectivity index is 1.03. The lowest BCUT2D eigenvalue weighted by atomic mass is 10.0. The van der Waals surface area contributed by atoms with Crippen molar-refractivity contribution in [2.45, 2.75) is 77.5 Å². The number of likely N-dealkylation sites (tertiary alicyclic amines) is 2. The quantitative estimate of drug-likeness (QED) is 0.111. The standard InChI is InChI=1S/C41H49N9O6S/c1-22(2)33(47-40(53)55-5)38(51)49-17-7-9-30(49)35-42-20-28(44-35)24-11-13-25(14-12-24)37-46-27-16-15-26(19-32(27)57-37)29-21-43-36(45-29)31-10-8-18-50(31)39(52)34(23(3)4)48-41(54)56-6/h11-16,19-23,30-31,33-34H,7-10,17-18H2,1-6H3,(H,42,44)(H,43,45)(H,47,53)(H,48,54). The Hall–Kier alpha value is -5.77. The SMILES string of the molecule is COC(=O)NC(C(=O)N1CCCC1c1ncc(-c2ccc(-c3nc4ccc(-c5cnc(C6CCCN6C(=O)C(NC(=O)OC)C(C)C)[nH]5)cc4s3)cc2)[nH]1)C(C)C. The van der Waals surface area contributed by atoms with E-state index < -0.39 is 24.3 Å². The van der Waals surface area contributed by atoms with Gasteiger partial charge in [0.2, 0.25) is 11.8 Å². The van der Waals surface area contributed by atoms with Gasteiger partial charge in [-0.2, -0.15) is 0 Å². The molecule has 0 spiro atoms. The molecule has 2 aliphatic rings. The molecule has 2 aliphatic heterocycles. The summed E-state index contributed by atoms with van der Waals surface area (Å²) in [5.74, 6) is 0.922. The number of fused-ring (bicyclic) bond motifs is 1. The highest BCUT2D eigenvalue weighted by Crippen LogP contribution is 2.37. The lowest BCUT2D eigenvalue weighted by molar-refractivity contribution is -0.136. The number of ether oxygens (including phenoxy) is 2. The number of amides is 4. The van der Waals surface area contributed by atoms with Crippen molar-refractivity contribution in [3.05, 3.63) is 66.5 Å². The first kappa shape index (κ1) is 39.5. The van der Waals surface area contributed by atoms with Gasteiger partial charge in [0, 0.05) is 24.2 Å². The number of aromatic nitrogens is 5. The maximum absolute atomic E-state index is 13.6. The van der Waals surface area contributed by atoms with Crippen molar-refractivity contribution < 1.29 is 28.7 Å². The number of methoxy groups -OCH3 is 2. The lowest BCUT2D eigenvalue weighted by Gasteiger charge is -2.30. The Bertz CT molecular complexity index is 2250. The van der Waals surface area contributed by atoms with Crippen LogP contribution in [0.2, 0.25) is 0 Å². The number of carbonyl (C=O) groups excluding carboxylic acids is 4. The van der Waals surface area contributed by atoms with Crippen LogP contribution in [0.25, 0.3) is 43.3 Å². The first-order valence-corrected chi connectivity index (χ1v) is 20.2. The van der Waals surface area contributed by atoms with E-state index in [1.807, 2.05) is 64.1 Å². The molecule has 16 heteroatoms. The van der Waals surface area contributed by atoms with Gasteiger partial charge >= 0.3 is 12.2 Å². The van der Waals surface area contributed by atoms with Gasteiger partial charge < -0.3 is 39.9 Å². The van der Waals surface area contributed by atoms with Gasteiger partial charge in [-0.1, -0.05) is 58.0 Å². The summed E-state index contributed by atoms with van der Waals surface area (Å²) in [5, 5.41) is 6.29. The van der Waals surface area contributed by atoms with Gasteiger partial charge in [0.05, 0.1) is 60.3 Å². The summed E-state index contributed by atoms with van der Waals surface area (Å²) in [6.45, 7) is 8.77. The van der Waals surface area contributed by atoms with Crippen LogP contribution >= 0.6 is 11.3 Å². The zero-order valence-electron chi connectivity index (χ0n) is 33.0. The maximum atomic E-state index is 13.6. The molecule has 5 aromatic rings. The van der Waals surface area contributed by atoms with Crippen LogP contribution in [0.3, 0.4) is 0 Å². The monoisotopic (exact) mass is 795 g/mol. The minimum absolute atomic E-state index is 0.109. The highest BCUT2D eigenvalue weighted by atomic mass is 32.1. The van der Waals surface area contributed by atoms with Gasteiger partial charge in [0.25, 0.3) is 0 Å². The van der Waals surface area contributed by atoms with Crippen LogP contribution in [-0.2, 0) is 19.1 Å². The topological polar surface area (TPSA) is 188 Å². The van der Waals surface area contributed by atoms with Crippen LogP contribution in [0.4, 0.5) is 9.59 Å². The van der Waals surface area contributed by atoms with Crippen LogP contribution in [0.15, 0.2) is 54.9 Å². The van der Waals surface area contributed by atoms with E-state index in [2.05, 4.69) is 31.7 Å². The lowest BCUT2D eigenvalue weighted by Crippen LogP contribution is -2.51. The number of hydrogen-bond donors (Lipinski definition) is 4. The second kappa shape index (κ2) is 16.8. The number of benzene rings is 2. The van der Waals surface area contributed by atoms with Gasteiger partial charge in [-0.25, -0.2) is 24.5 Å². The Kier molecular flexibility index (Phi) is 11.6. The molecule has 4 atom stereocenters. The predicted octanol–water partition coefficient (Wildman–Crippen LogP) is 6.83. The average molecular weight is 796 g/mol. The third-order valence-electron chi connectivity index (χ3n) is 10.8. The van der Waals surface area contributed by atoms with Gasteiger partial charge in [0.1, 0.15) is 28.7 Å². The van der Waals surface area contributed by atoms with E-state index in [1.165, 1.54) is 14.2 Å². The fourth-order valence-corrected chi connectivity index (χ4v) is 8.71. The number of carbonyl (C=O) groups is 4. The van der Waals surface area contributed by atoms with E-state index >= 15 is 0 Å². The number of nitrogens with one attached hydrogen (secondary N) is 4. The second-order valence-electron chi connectivity index (χ2n) is 15.2. The molecule has 15 nitrogen and oxygen atoms in total. The minimum Gasteiger partial charge on any atom is -0.453 e. The van der Waals surface area contributed by atoms with Crippen molar-refractivity contribution in [1.29, 1.82) is 0 Å². The molecule has 4 unspecified atom stereocenters. The zero-order valence-corrected chi connectivity index (χ0v) is 33.8.